The molecule has 0 aliphatic carbocycles. The van der Waals surface area contributed by atoms with Crippen LogP contribution in [0.3, 0.4) is 0 Å². The molecule has 6 nitrogen and oxygen atoms in total. The van der Waals surface area contributed by atoms with E-state index in [4.69, 9.17) is 5.14 Å². The van der Waals surface area contributed by atoms with Crippen LogP contribution in [-0.4, -0.2) is 23.2 Å². The summed E-state index contributed by atoms with van der Waals surface area (Å²) >= 11 is 0. The second-order valence-corrected chi connectivity index (χ2v) is 6.96. The number of nitrogens with zero attached hydrogens (tertiary/aromatic N) is 3. The van der Waals surface area contributed by atoms with Gasteiger partial charge < -0.3 is 0 Å². The van der Waals surface area contributed by atoms with Gasteiger partial charge in [-0.2, -0.15) is 0 Å². The fourth-order valence-corrected chi connectivity index (χ4v) is 2.98. The van der Waals surface area contributed by atoms with E-state index in [9.17, 15) is 8.42 Å². The number of primary sulfonamides is 1. The van der Waals surface area contributed by atoms with Crippen LogP contribution in [0.1, 0.15) is 42.4 Å². The van der Waals surface area contributed by atoms with Crippen LogP contribution < -0.4 is 5.14 Å². The smallest absolute Gasteiger partial charge is 0.273 e. The average molecular weight is 308 g/mol. The molecule has 0 atom stereocenters. The van der Waals surface area contributed by atoms with Gasteiger partial charge in [-0.3, -0.25) is 4.57 Å². The maximum atomic E-state index is 11.6. The first-order valence-corrected chi connectivity index (χ1v) is 8.27. The Morgan fingerprint density at radius 1 is 1.19 bits per heavy atom. The number of hydrogen-bond donors (Lipinski definition) is 1. The third-order valence-corrected chi connectivity index (χ3v) is 4.23. The molecule has 114 valence electrons. The lowest BCUT2D eigenvalue weighted by atomic mass is 10.0. The standard InChI is InChI=1S/C14H20N4O2S/c1-9(2)18-13(16-17-14(18)21(15,19)20)8-12-6-5-10(3)11(4)7-12/h5-7,9H,8H2,1-4H3,(H2,15,19,20). The van der Waals surface area contributed by atoms with Gasteiger partial charge in [0.25, 0.3) is 15.2 Å². The van der Waals surface area contributed by atoms with Crippen LogP contribution in [0.4, 0.5) is 0 Å². The van der Waals surface area contributed by atoms with Crippen LogP contribution in [-0.2, 0) is 16.4 Å². The number of benzene rings is 1. The third-order valence-electron chi connectivity index (χ3n) is 3.44. The molecule has 0 amide bonds. The Bertz CT molecular complexity index is 763. The van der Waals surface area contributed by atoms with Gasteiger partial charge in [0.15, 0.2) is 0 Å². The number of hydrogen-bond acceptors (Lipinski definition) is 4. The highest BCUT2D eigenvalue weighted by atomic mass is 32.2. The molecule has 0 radical (unpaired) electrons. The van der Waals surface area contributed by atoms with Crippen LogP contribution in [0.5, 0.6) is 0 Å². The van der Waals surface area contributed by atoms with E-state index in [0.717, 1.165) is 5.56 Å². The largest absolute Gasteiger partial charge is 0.298 e. The van der Waals surface area contributed by atoms with E-state index >= 15 is 0 Å². The van der Waals surface area contributed by atoms with E-state index in [1.165, 1.54) is 11.1 Å². The molecule has 21 heavy (non-hydrogen) atoms. The lowest BCUT2D eigenvalue weighted by Crippen LogP contribution is -2.20. The normalized spacial score (nSPS) is 12.1. The van der Waals surface area contributed by atoms with E-state index in [1.54, 1.807) is 4.57 Å². The summed E-state index contributed by atoms with van der Waals surface area (Å²) in [7, 11) is -3.88. The van der Waals surface area contributed by atoms with Gasteiger partial charge in [0.1, 0.15) is 5.82 Å². The fourth-order valence-electron chi connectivity index (χ4n) is 2.24. The van der Waals surface area contributed by atoms with Crippen molar-refractivity contribution < 1.29 is 8.42 Å². The highest BCUT2D eigenvalue weighted by Crippen LogP contribution is 2.19. The van der Waals surface area contributed by atoms with Crippen molar-refractivity contribution in [2.75, 3.05) is 0 Å². The van der Waals surface area contributed by atoms with Crippen molar-refractivity contribution in [3.05, 3.63) is 40.7 Å². The fraction of sp³-hybridized carbons (Fsp3) is 0.429. The molecule has 1 heterocycles. The molecular formula is C14H20N4O2S. The molecule has 0 saturated carbocycles. The van der Waals surface area contributed by atoms with Gasteiger partial charge in [-0.25, -0.2) is 13.6 Å². The van der Waals surface area contributed by atoms with E-state index in [2.05, 4.69) is 23.2 Å². The Hall–Kier alpha value is -1.73. The minimum atomic E-state index is -3.88. The van der Waals surface area contributed by atoms with Crippen LogP contribution >= 0.6 is 0 Å². The van der Waals surface area contributed by atoms with Gasteiger partial charge in [-0.1, -0.05) is 18.2 Å². The van der Waals surface area contributed by atoms with Crippen LogP contribution in [0.15, 0.2) is 23.4 Å². The molecule has 0 fully saturated rings. The van der Waals surface area contributed by atoms with Crippen LogP contribution in [0, 0.1) is 13.8 Å². The lowest BCUT2D eigenvalue weighted by molar-refractivity contribution is 0.507. The van der Waals surface area contributed by atoms with Gasteiger partial charge in [0.2, 0.25) is 0 Å². The van der Waals surface area contributed by atoms with Gasteiger partial charge in [-0.15, -0.1) is 10.2 Å². The number of aromatic nitrogens is 3. The van der Waals surface area contributed by atoms with E-state index in [-0.39, 0.29) is 11.2 Å². The zero-order valence-electron chi connectivity index (χ0n) is 12.7. The summed E-state index contributed by atoms with van der Waals surface area (Å²) < 4.78 is 24.7. The molecule has 7 heteroatoms. The summed E-state index contributed by atoms with van der Waals surface area (Å²) in [6.45, 7) is 7.85. The minimum absolute atomic E-state index is 0.0881. The predicted molar refractivity (Wildman–Crippen MR) is 80.5 cm³/mol. The Morgan fingerprint density at radius 3 is 2.38 bits per heavy atom. The molecular weight excluding hydrogens is 288 g/mol. The Morgan fingerprint density at radius 2 is 1.86 bits per heavy atom. The van der Waals surface area contributed by atoms with Crippen molar-refractivity contribution in [1.29, 1.82) is 0 Å². The van der Waals surface area contributed by atoms with Gasteiger partial charge in [-0.05, 0) is 44.4 Å². The number of rotatable bonds is 4. The Kier molecular flexibility index (Phi) is 4.15. The second-order valence-electron chi connectivity index (χ2n) is 5.50. The van der Waals surface area contributed by atoms with Crippen LogP contribution in [0.25, 0.3) is 0 Å². The lowest BCUT2D eigenvalue weighted by Gasteiger charge is -2.13. The van der Waals surface area contributed by atoms with Gasteiger partial charge in [0, 0.05) is 12.5 Å². The highest BCUT2D eigenvalue weighted by molar-refractivity contribution is 7.89. The quantitative estimate of drug-likeness (QED) is 0.931. The van der Waals surface area contributed by atoms with Crippen molar-refractivity contribution >= 4 is 10.0 Å². The Balaban J connectivity index is 2.45. The summed E-state index contributed by atoms with van der Waals surface area (Å²) in [6, 6.07) is 6.04. The first kappa shape index (κ1) is 15.7. The van der Waals surface area contributed by atoms with Crippen LogP contribution in [0.2, 0.25) is 0 Å². The molecule has 2 aromatic rings. The van der Waals surface area contributed by atoms with Gasteiger partial charge >= 0.3 is 0 Å². The molecule has 2 rings (SSSR count). The summed E-state index contributed by atoms with van der Waals surface area (Å²) in [4.78, 5) is 0. The van der Waals surface area contributed by atoms with E-state index in [1.807, 2.05) is 32.9 Å². The monoisotopic (exact) mass is 308 g/mol. The van der Waals surface area contributed by atoms with Gasteiger partial charge in [0.05, 0.1) is 0 Å². The van der Waals surface area contributed by atoms with Crippen molar-refractivity contribution in [3.63, 3.8) is 0 Å². The first-order chi connectivity index (χ1) is 9.70. The van der Waals surface area contributed by atoms with Crippen molar-refractivity contribution in [2.45, 2.75) is 45.3 Å². The molecule has 1 aromatic heterocycles. The molecule has 0 aliphatic rings. The molecule has 2 N–H and O–H groups in total. The maximum absolute atomic E-state index is 11.6. The summed E-state index contributed by atoms with van der Waals surface area (Å²) in [5.41, 5.74) is 3.47. The van der Waals surface area contributed by atoms with Crippen molar-refractivity contribution in [3.8, 4) is 0 Å². The summed E-state index contributed by atoms with van der Waals surface area (Å²) in [5.74, 6) is 0.595. The highest BCUT2D eigenvalue weighted by Gasteiger charge is 2.22. The number of sulfonamides is 1. The average Bonchev–Trinajstić information content (AvgIpc) is 2.77. The Labute approximate surface area is 125 Å². The molecule has 0 aliphatic heterocycles. The second kappa shape index (κ2) is 5.57. The maximum Gasteiger partial charge on any atom is 0.273 e. The van der Waals surface area contributed by atoms with Crippen molar-refractivity contribution in [1.82, 2.24) is 14.8 Å². The minimum Gasteiger partial charge on any atom is -0.298 e. The summed E-state index contributed by atoms with van der Waals surface area (Å²) in [6.07, 6.45) is 0.516. The molecule has 0 bridgehead atoms. The summed E-state index contributed by atoms with van der Waals surface area (Å²) in [5, 5.41) is 12.8. The first-order valence-electron chi connectivity index (χ1n) is 6.73. The number of aryl methyl sites for hydroxylation is 2. The molecule has 0 unspecified atom stereocenters. The number of nitrogens with two attached hydrogens (primary N) is 1. The molecule has 0 saturated heterocycles. The topological polar surface area (TPSA) is 90.9 Å². The van der Waals surface area contributed by atoms with E-state index < -0.39 is 10.0 Å². The molecule has 0 spiro atoms. The zero-order valence-corrected chi connectivity index (χ0v) is 13.5. The zero-order chi connectivity index (χ0) is 15.8. The molecule has 1 aromatic carbocycles. The third kappa shape index (κ3) is 3.30. The predicted octanol–water partition coefficient (Wildman–Crippen LogP) is 1.71. The van der Waals surface area contributed by atoms with Crippen molar-refractivity contribution in [2.24, 2.45) is 5.14 Å². The van der Waals surface area contributed by atoms with E-state index in [0.29, 0.717) is 12.2 Å². The SMILES string of the molecule is Cc1ccc(Cc2nnc(S(N)(=O)=O)n2C(C)C)cc1C.